The van der Waals surface area contributed by atoms with Gasteiger partial charge in [-0.2, -0.15) is 0 Å². The summed E-state index contributed by atoms with van der Waals surface area (Å²) < 4.78 is 2.25. The third kappa shape index (κ3) is 12.0. The highest BCUT2D eigenvalue weighted by Crippen LogP contribution is 2.33. The molecule has 4 rings (SSSR count). The van der Waals surface area contributed by atoms with Gasteiger partial charge in [-0.3, -0.25) is 15.3 Å². The van der Waals surface area contributed by atoms with Crippen molar-refractivity contribution in [2.45, 2.75) is 106 Å². The van der Waals surface area contributed by atoms with Crippen molar-refractivity contribution in [3.8, 4) is 0 Å². The summed E-state index contributed by atoms with van der Waals surface area (Å²) in [4.78, 5) is 21.0. The first-order valence-electron chi connectivity index (χ1n) is 17.5. The Balaban J connectivity index is 0.00000129. The van der Waals surface area contributed by atoms with Crippen LogP contribution in [0.15, 0.2) is 65.0 Å². The van der Waals surface area contributed by atoms with Crippen LogP contribution in [0.4, 0.5) is 4.79 Å². The molecule has 5 N–H and O–H groups in total. The number of amides is 2. The van der Waals surface area contributed by atoms with Gasteiger partial charge in [0.1, 0.15) is 18.4 Å². The van der Waals surface area contributed by atoms with Gasteiger partial charge in [0, 0.05) is 30.4 Å². The first-order chi connectivity index (χ1) is 23.4. The molecule has 2 atom stereocenters. The van der Waals surface area contributed by atoms with Crippen LogP contribution in [0.3, 0.4) is 0 Å². The monoisotopic (exact) mass is 689 g/mol. The summed E-state index contributed by atoms with van der Waals surface area (Å²) in [5, 5.41) is 20.6. The second kappa shape index (κ2) is 20.7. The zero-order valence-corrected chi connectivity index (χ0v) is 32.2. The first-order valence-corrected chi connectivity index (χ1v) is 18.4. The van der Waals surface area contributed by atoms with Crippen LogP contribution < -0.4 is 11.1 Å². The smallest absolute Gasteiger partial charge is 0.324 e. The highest BCUT2D eigenvalue weighted by atomic mass is 32.2. The molecule has 0 aromatic heterocycles. The average molecular weight is 690 g/mol. The van der Waals surface area contributed by atoms with E-state index in [0.717, 1.165) is 56.4 Å². The van der Waals surface area contributed by atoms with Gasteiger partial charge >= 0.3 is 6.03 Å². The van der Waals surface area contributed by atoms with E-state index in [1.807, 2.05) is 29.7 Å². The number of urea groups is 1. The SMILES string of the molecule is C=CSC(=C(C)C)c1ccc(CN=C(N)C2CCC[N+]2=CC(NC(=O)N2Cc3ccccc3C2=N)C(C)C)c(CCC)c1.CC(C)C.CO. The number of aryl methyl sites for hydroxylation is 1. The van der Waals surface area contributed by atoms with Gasteiger partial charge in [0.15, 0.2) is 12.1 Å². The summed E-state index contributed by atoms with van der Waals surface area (Å²) in [5.41, 5.74) is 13.5. The lowest BCUT2D eigenvalue weighted by atomic mass is 9.99. The maximum Gasteiger partial charge on any atom is 0.324 e. The van der Waals surface area contributed by atoms with E-state index in [9.17, 15) is 4.79 Å². The second-order valence-electron chi connectivity index (χ2n) is 13.7. The molecule has 0 aliphatic carbocycles. The van der Waals surface area contributed by atoms with Crippen molar-refractivity contribution in [2.75, 3.05) is 13.7 Å². The number of aliphatic hydroxyl groups excluding tert-OH is 1. The predicted octanol–water partition coefficient (Wildman–Crippen LogP) is 8.22. The number of carbonyl (C=O) groups excluding carboxylic acids is 1. The summed E-state index contributed by atoms with van der Waals surface area (Å²) in [6, 6.07) is 14.0. The normalized spacial score (nSPS) is 16.9. The molecule has 8 nitrogen and oxygen atoms in total. The minimum Gasteiger partial charge on any atom is -0.400 e. The Morgan fingerprint density at radius 2 is 1.84 bits per heavy atom. The third-order valence-corrected chi connectivity index (χ3v) is 9.23. The lowest BCUT2D eigenvalue weighted by molar-refractivity contribution is -0.523. The van der Waals surface area contributed by atoms with Crippen molar-refractivity contribution >= 4 is 40.6 Å². The standard InChI is InChI=1S/C35H46N6OS.C4H10.CH4O/c1-7-12-25-19-26(32(24(5)6)43-8-2)16-17-27(25)20-38-33(36)31-15-11-18-40(31)22-30(23(3)4)39-35(42)41-21-28-13-9-10-14-29(28)34(41)37;1-4(2)3;1-2/h8-10,13-14,16-17,19,22-23,30-31,37H,2,7,11-12,15,18,20-21H2,1,3-6H3,(H2-,36,38,39,42);4H,1-3H3;2H,1H3/p+1. The fourth-order valence-electron chi connectivity index (χ4n) is 5.81. The molecule has 2 aromatic carbocycles. The quantitative estimate of drug-likeness (QED) is 0.108. The largest absolute Gasteiger partial charge is 0.400 e. The van der Waals surface area contributed by atoms with Crippen LogP contribution in [0.25, 0.3) is 4.91 Å². The lowest BCUT2D eigenvalue weighted by Gasteiger charge is -2.22. The summed E-state index contributed by atoms with van der Waals surface area (Å²) in [7, 11) is 1.00. The molecule has 2 aliphatic rings. The maximum absolute atomic E-state index is 13.3. The van der Waals surface area contributed by atoms with Crippen LogP contribution >= 0.6 is 11.8 Å². The molecule has 0 spiro atoms. The van der Waals surface area contributed by atoms with Gasteiger partial charge in [-0.05, 0) is 59.8 Å². The Morgan fingerprint density at radius 1 is 1.16 bits per heavy atom. The Morgan fingerprint density at radius 3 is 2.43 bits per heavy atom. The predicted molar refractivity (Wildman–Crippen MR) is 211 cm³/mol. The highest BCUT2D eigenvalue weighted by molar-refractivity contribution is 8.10. The van der Waals surface area contributed by atoms with Gasteiger partial charge in [0.05, 0.1) is 13.1 Å². The summed E-state index contributed by atoms with van der Waals surface area (Å²) >= 11 is 1.67. The zero-order valence-electron chi connectivity index (χ0n) is 31.3. The Hall–Kier alpha value is -3.69. The van der Waals surface area contributed by atoms with Gasteiger partial charge in [0.25, 0.3) is 0 Å². The van der Waals surface area contributed by atoms with Crippen LogP contribution in [0.5, 0.6) is 0 Å². The summed E-state index contributed by atoms with van der Waals surface area (Å²) in [6.07, 6.45) is 6.12. The van der Waals surface area contributed by atoms with E-state index < -0.39 is 0 Å². The number of allylic oxidation sites excluding steroid dienone is 1. The average Bonchev–Trinajstić information content (AvgIpc) is 3.67. The number of hydrogen-bond acceptors (Lipinski definition) is 5. The minimum absolute atomic E-state index is 0.00246. The number of fused-ring (bicyclic) bond motifs is 1. The molecule has 2 heterocycles. The number of hydrogen-bond donors (Lipinski definition) is 4. The zero-order chi connectivity index (χ0) is 36.7. The van der Waals surface area contributed by atoms with Crippen molar-refractivity contribution in [3.63, 3.8) is 0 Å². The molecule has 2 unspecified atom stereocenters. The van der Waals surface area contributed by atoms with Crippen LogP contribution in [0.1, 0.15) is 102 Å². The minimum atomic E-state index is -0.247. The van der Waals surface area contributed by atoms with Crippen molar-refractivity contribution in [1.82, 2.24) is 10.2 Å². The highest BCUT2D eigenvalue weighted by Gasteiger charge is 2.34. The lowest BCUT2D eigenvalue weighted by Crippen LogP contribution is -2.49. The molecular formula is C40H61N6O2S+. The molecule has 49 heavy (non-hydrogen) atoms. The van der Waals surface area contributed by atoms with E-state index in [4.69, 9.17) is 21.2 Å². The van der Waals surface area contributed by atoms with Crippen molar-refractivity contribution in [2.24, 2.45) is 22.6 Å². The molecule has 268 valence electrons. The topological polar surface area (TPSA) is 118 Å². The first kappa shape index (κ1) is 41.5. The van der Waals surface area contributed by atoms with Crippen molar-refractivity contribution in [3.05, 3.63) is 87.8 Å². The number of rotatable bonds is 11. The molecule has 2 aliphatic heterocycles. The molecular weight excluding hydrogens is 629 g/mol. The Labute approximate surface area is 300 Å². The Kier molecular flexibility index (Phi) is 17.6. The van der Waals surface area contributed by atoms with Crippen LogP contribution in [0.2, 0.25) is 0 Å². The summed E-state index contributed by atoms with van der Waals surface area (Å²) in [5.74, 6) is 1.89. The van der Waals surface area contributed by atoms with E-state index >= 15 is 0 Å². The van der Waals surface area contributed by atoms with E-state index in [1.54, 1.807) is 11.8 Å². The van der Waals surface area contributed by atoms with Crippen LogP contribution in [0, 0.1) is 17.2 Å². The fourth-order valence-corrected chi connectivity index (χ4v) is 6.47. The number of benzene rings is 2. The van der Waals surface area contributed by atoms with E-state index in [1.165, 1.54) is 32.1 Å². The number of aliphatic imine (C=N–C) groups is 1. The van der Waals surface area contributed by atoms with Gasteiger partial charge in [-0.25, -0.2) is 9.37 Å². The summed E-state index contributed by atoms with van der Waals surface area (Å²) in [6.45, 7) is 22.9. The van der Waals surface area contributed by atoms with Gasteiger partial charge in [-0.1, -0.05) is 114 Å². The third-order valence-electron chi connectivity index (χ3n) is 8.19. The number of nitrogens with two attached hydrogens (primary N) is 1. The van der Waals surface area contributed by atoms with Crippen molar-refractivity contribution < 1.29 is 14.5 Å². The molecule has 0 radical (unpaired) electrons. The fraction of sp³-hybridized carbons (Fsp3) is 0.500. The molecule has 9 heteroatoms. The molecule has 0 saturated carbocycles. The number of thioether (sulfide) groups is 1. The van der Waals surface area contributed by atoms with Crippen LogP contribution in [-0.4, -0.2) is 64.2 Å². The Bertz CT molecular complexity index is 1500. The van der Waals surface area contributed by atoms with E-state index in [2.05, 4.69) is 96.3 Å². The van der Waals surface area contributed by atoms with Gasteiger partial charge in [-0.15, -0.1) is 0 Å². The second-order valence-corrected chi connectivity index (χ2v) is 14.7. The molecule has 1 fully saturated rings. The molecule has 2 amide bonds. The molecule has 2 aromatic rings. The van der Waals surface area contributed by atoms with Crippen molar-refractivity contribution in [1.29, 1.82) is 5.41 Å². The number of carbonyl (C=O) groups is 1. The number of nitrogens with one attached hydrogen (secondary N) is 2. The van der Waals surface area contributed by atoms with Crippen LogP contribution in [-0.2, 0) is 19.5 Å². The van der Waals surface area contributed by atoms with E-state index in [-0.39, 0.29) is 29.9 Å². The molecule has 1 saturated heterocycles. The number of nitrogens with zero attached hydrogens (tertiary/aromatic N) is 3. The maximum atomic E-state index is 13.3. The van der Waals surface area contributed by atoms with E-state index in [0.29, 0.717) is 18.9 Å². The van der Waals surface area contributed by atoms with Gasteiger partial charge < -0.3 is 16.2 Å². The number of amidine groups is 2. The molecule has 0 bridgehead atoms. The van der Waals surface area contributed by atoms with Gasteiger partial charge in [0.2, 0.25) is 6.04 Å². The number of aliphatic hydroxyl groups is 1.